The predicted molar refractivity (Wildman–Crippen MR) is 119 cm³/mol. The lowest BCUT2D eigenvalue weighted by molar-refractivity contribution is -0.147. The van der Waals surface area contributed by atoms with E-state index in [9.17, 15) is 19.2 Å². The maximum atomic E-state index is 13.0. The Kier molecular flexibility index (Phi) is 10.7. The minimum atomic E-state index is -0.392. The fourth-order valence-electron chi connectivity index (χ4n) is 4.09. The molecule has 0 bridgehead atoms. The van der Waals surface area contributed by atoms with Crippen molar-refractivity contribution in [2.45, 2.75) is 104 Å². The van der Waals surface area contributed by atoms with E-state index in [0.29, 0.717) is 13.1 Å². The van der Waals surface area contributed by atoms with E-state index in [2.05, 4.69) is 13.8 Å². The summed E-state index contributed by atoms with van der Waals surface area (Å²) in [6.45, 7) is 5.34. The fraction of sp³-hybridized carbons (Fsp3) is 0.750. The van der Waals surface area contributed by atoms with Gasteiger partial charge in [0, 0.05) is 32.1 Å². The summed E-state index contributed by atoms with van der Waals surface area (Å²) in [4.78, 5) is 50.9. The number of likely N-dealkylation sites (tertiary alicyclic amines) is 1. The lowest BCUT2D eigenvalue weighted by Crippen LogP contribution is -2.42. The standard InChI is InChI=1S/C24H39N3O4/c1-3-5-7-9-11-13-17-26-23(30)20(19-25-21(28)15-16-22(25)29)24(31)27(26)18-14-12-10-8-6-4-2/h19H,3-18H2,1-2H3. The zero-order valence-electron chi connectivity index (χ0n) is 19.4. The smallest absolute Gasteiger partial charge is 0.274 e. The first kappa shape index (κ1) is 25.1. The molecule has 0 spiro atoms. The summed E-state index contributed by atoms with van der Waals surface area (Å²) in [5.41, 5.74) is -0.0689. The van der Waals surface area contributed by atoms with Gasteiger partial charge in [0.2, 0.25) is 11.8 Å². The van der Waals surface area contributed by atoms with Crippen molar-refractivity contribution in [3.63, 3.8) is 0 Å². The molecule has 7 heteroatoms. The number of unbranched alkanes of at least 4 members (excludes halogenated alkanes) is 10. The molecule has 2 fully saturated rings. The number of hydrogen-bond acceptors (Lipinski definition) is 4. The van der Waals surface area contributed by atoms with Gasteiger partial charge in [0.1, 0.15) is 5.57 Å². The molecule has 2 rings (SSSR count). The van der Waals surface area contributed by atoms with Gasteiger partial charge in [0.25, 0.3) is 11.8 Å². The van der Waals surface area contributed by atoms with Gasteiger partial charge in [0.05, 0.1) is 0 Å². The molecule has 2 aliphatic rings. The van der Waals surface area contributed by atoms with E-state index >= 15 is 0 Å². The molecule has 31 heavy (non-hydrogen) atoms. The topological polar surface area (TPSA) is 78.0 Å². The number of imide groups is 1. The largest absolute Gasteiger partial charge is 0.279 e. The number of hydrazine groups is 1. The Morgan fingerprint density at radius 1 is 0.613 bits per heavy atom. The number of carbonyl (C=O) groups is 4. The van der Waals surface area contributed by atoms with Gasteiger partial charge in [-0.2, -0.15) is 0 Å². The summed E-state index contributed by atoms with van der Waals surface area (Å²) in [6.07, 6.45) is 14.6. The van der Waals surface area contributed by atoms with Gasteiger partial charge < -0.3 is 0 Å². The molecular formula is C24H39N3O4. The number of hydrogen-bond donors (Lipinski definition) is 0. The summed E-state index contributed by atoms with van der Waals surface area (Å²) in [5, 5.41) is 3.07. The predicted octanol–water partition coefficient (Wildman–Crippen LogP) is 4.33. The van der Waals surface area contributed by atoms with Crippen LogP contribution >= 0.6 is 0 Å². The van der Waals surface area contributed by atoms with E-state index in [1.807, 2.05) is 0 Å². The number of carbonyl (C=O) groups excluding carboxylic acids is 4. The zero-order valence-corrected chi connectivity index (χ0v) is 19.4. The summed E-state index contributed by atoms with van der Waals surface area (Å²) >= 11 is 0. The van der Waals surface area contributed by atoms with Gasteiger partial charge in [-0.05, 0) is 12.8 Å². The molecule has 2 aliphatic heterocycles. The fourth-order valence-corrected chi connectivity index (χ4v) is 4.09. The zero-order chi connectivity index (χ0) is 22.6. The highest BCUT2D eigenvalue weighted by Gasteiger charge is 2.42. The highest BCUT2D eigenvalue weighted by atomic mass is 16.2. The average molecular weight is 434 g/mol. The maximum absolute atomic E-state index is 13.0. The Labute approximate surface area is 186 Å². The van der Waals surface area contributed by atoms with Gasteiger partial charge in [-0.15, -0.1) is 0 Å². The lowest BCUT2D eigenvalue weighted by Gasteiger charge is -2.27. The average Bonchev–Trinajstić information content (AvgIpc) is 3.18. The van der Waals surface area contributed by atoms with Crippen LogP contribution in [0.2, 0.25) is 0 Å². The van der Waals surface area contributed by atoms with E-state index in [1.165, 1.54) is 54.7 Å². The Balaban J connectivity index is 2.01. The number of amides is 4. The van der Waals surface area contributed by atoms with Gasteiger partial charge >= 0.3 is 0 Å². The van der Waals surface area contributed by atoms with Crippen molar-refractivity contribution >= 4 is 23.6 Å². The van der Waals surface area contributed by atoms with Crippen molar-refractivity contribution < 1.29 is 19.2 Å². The molecule has 2 saturated heterocycles. The molecule has 0 aromatic heterocycles. The third-order valence-electron chi connectivity index (χ3n) is 6.02. The van der Waals surface area contributed by atoms with Crippen LogP contribution in [0.1, 0.15) is 104 Å². The highest BCUT2D eigenvalue weighted by Crippen LogP contribution is 2.24. The molecule has 174 valence electrons. The van der Waals surface area contributed by atoms with Crippen LogP contribution in [0, 0.1) is 0 Å². The third kappa shape index (κ3) is 7.18. The van der Waals surface area contributed by atoms with E-state index in [-0.39, 0.29) is 30.2 Å². The molecule has 0 atom stereocenters. The van der Waals surface area contributed by atoms with Crippen LogP contribution in [0.25, 0.3) is 0 Å². The van der Waals surface area contributed by atoms with Crippen molar-refractivity contribution in [1.29, 1.82) is 0 Å². The van der Waals surface area contributed by atoms with Crippen LogP contribution in [0.3, 0.4) is 0 Å². The number of nitrogens with zero attached hydrogens (tertiary/aromatic N) is 3. The highest BCUT2D eigenvalue weighted by molar-refractivity contribution is 6.23. The van der Waals surface area contributed by atoms with Crippen molar-refractivity contribution in [2.24, 2.45) is 0 Å². The van der Waals surface area contributed by atoms with Crippen molar-refractivity contribution in [3.05, 3.63) is 11.8 Å². The molecule has 0 N–H and O–H groups in total. The van der Waals surface area contributed by atoms with Gasteiger partial charge in [-0.3, -0.25) is 24.1 Å². The SMILES string of the molecule is CCCCCCCCN1C(=O)C(=CN2C(=O)CCC2=O)C(=O)N1CCCCCCCC. The van der Waals surface area contributed by atoms with Crippen molar-refractivity contribution in [2.75, 3.05) is 13.1 Å². The second-order valence-corrected chi connectivity index (χ2v) is 8.59. The molecule has 0 radical (unpaired) electrons. The summed E-state index contributed by atoms with van der Waals surface area (Å²) < 4.78 is 0. The third-order valence-corrected chi connectivity index (χ3v) is 6.02. The van der Waals surface area contributed by atoms with Crippen molar-refractivity contribution in [3.8, 4) is 0 Å². The van der Waals surface area contributed by atoms with Crippen LogP contribution in [-0.4, -0.2) is 51.6 Å². The van der Waals surface area contributed by atoms with Crippen LogP contribution in [-0.2, 0) is 19.2 Å². The first-order chi connectivity index (χ1) is 15.0. The van der Waals surface area contributed by atoms with Crippen LogP contribution < -0.4 is 0 Å². The molecule has 4 amide bonds. The first-order valence-electron chi connectivity index (χ1n) is 12.2. The van der Waals surface area contributed by atoms with Gasteiger partial charge in [0.15, 0.2) is 0 Å². The Bertz CT molecular complexity index is 622. The molecule has 0 aromatic rings. The summed E-state index contributed by atoms with van der Waals surface area (Å²) in [6, 6.07) is 0. The summed E-state index contributed by atoms with van der Waals surface area (Å²) in [7, 11) is 0. The van der Waals surface area contributed by atoms with Crippen molar-refractivity contribution in [1.82, 2.24) is 14.9 Å². The van der Waals surface area contributed by atoms with Crippen LogP contribution in [0.4, 0.5) is 0 Å². The molecule has 0 aliphatic carbocycles. The van der Waals surface area contributed by atoms with E-state index < -0.39 is 11.8 Å². The minimum Gasteiger partial charge on any atom is -0.274 e. The maximum Gasteiger partial charge on any atom is 0.279 e. The van der Waals surface area contributed by atoms with E-state index in [4.69, 9.17) is 0 Å². The van der Waals surface area contributed by atoms with Gasteiger partial charge in [-0.25, -0.2) is 10.0 Å². The second kappa shape index (κ2) is 13.3. The van der Waals surface area contributed by atoms with E-state index in [0.717, 1.165) is 43.4 Å². The normalized spacial score (nSPS) is 17.0. The summed E-state index contributed by atoms with van der Waals surface area (Å²) in [5.74, 6) is -1.49. The second-order valence-electron chi connectivity index (χ2n) is 8.59. The molecule has 0 unspecified atom stereocenters. The molecule has 0 saturated carbocycles. The Morgan fingerprint density at radius 3 is 1.42 bits per heavy atom. The number of rotatable bonds is 15. The first-order valence-corrected chi connectivity index (χ1v) is 12.2. The quantitative estimate of drug-likeness (QED) is 0.167. The molecule has 2 heterocycles. The lowest BCUT2D eigenvalue weighted by atomic mass is 10.1. The van der Waals surface area contributed by atoms with Gasteiger partial charge in [-0.1, -0.05) is 78.1 Å². The Hall–Kier alpha value is -2.18. The monoisotopic (exact) mass is 433 g/mol. The minimum absolute atomic E-state index is 0.0689. The van der Waals surface area contributed by atoms with E-state index in [1.54, 1.807) is 0 Å². The molecule has 7 nitrogen and oxygen atoms in total. The molecular weight excluding hydrogens is 394 g/mol. The van der Waals surface area contributed by atoms with Crippen LogP contribution in [0.5, 0.6) is 0 Å². The Morgan fingerprint density at radius 2 is 1.00 bits per heavy atom. The molecule has 0 aromatic carbocycles. The van der Waals surface area contributed by atoms with Crippen LogP contribution in [0.15, 0.2) is 11.8 Å².